The number of aromatic nitrogens is 1. The summed E-state index contributed by atoms with van der Waals surface area (Å²) in [6, 6.07) is 1.53. The van der Waals surface area contributed by atoms with Gasteiger partial charge in [0.2, 0.25) is 0 Å². The van der Waals surface area contributed by atoms with Gasteiger partial charge in [0.05, 0.1) is 11.1 Å². The van der Waals surface area contributed by atoms with E-state index in [4.69, 9.17) is 0 Å². The van der Waals surface area contributed by atoms with Crippen molar-refractivity contribution in [2.45, 2.75) is 31.7 Å². The van der Waals surface area contributed by atoms with Gasteiger partial charge in [0.1, 0.15) is 5.69 Å². The maximum atomic E-state index is 12.5. The minimum absolute atomic E-state index is 0.0721. The van der Waals surface area contributed by atoms with Gasteiger partial charge in [0.25, 0.3) is 11.6 Å². The molecular formula is C13H20N4O3. The van der Waals surface area contributed by atoms with E-state index in [-0.39, 0.29) is 17.6 Å². The van der Waals surface area contributed by atoms with E-state index in [2.05, 4.69) is 10.3 Å². The third kappa shape index (κ3) is 3.16. The first-order valence-electron chi connectivity index (χ1n) is 6.92. The van der Waals surface area contributed by atoms with Crippen LogP contribution >= 0.6 is 0 Å². The van der Waals surface area contributed by atoms with Gasteiger partial charge in [-0.2, -0.15) is 0 Å². The normalized spacial score (nSPS) is 19.1. The first kappa shape index (κ1) is 14.5. The first-order valence-corrected chi connectivity index (χ1v) is 6.92. The van der Waals surface area contributed by atoms with E-state index in [9.17, 15) is 14.9 Å². The molecule has 0 saturated carbocycles. The van der Waals surface area contributed by atoms with E-state index < -0.39 is 4.92 Å². The molecule has 1 aromatic rings. The molecular weight excluding hydrogens is 260 g/mol. The van der Waals surface area contributed by atoms with Crippen LogP contribution in [0.1, 0.15) is 36.2 Å². The molecule has 7 heteroatoms. The Balaban J connectivity index is 2.09. The molecule has 1 aliphatic heterocycles. The molecule has 2 heterocycles. The van der Waals surface area contributed by atoms with Crippen molar-refractivity contribution < 1.29 is 9.72 Å². The fourth-order valence-corrected chi connectivity index (χ4v) is 2.65. The van der Waals surface area contributed by atoms with Gasteiger partial charge in [0.15, 0.2) is 0 Å². The highest BCUT2D eigenvalue weighted by Crippen LogP contribution is 2.22. The number of piperidine rings is 1. The predicted molar refractivity (Wildman–Crippen MR) is 74.7 cm³/mol. The number of likely N-dealkylation sites (tertiary alicyclic amines) is 1. The van der Waals surface area contributed by atoms with Crippen LogP contribution in [-0.2, 0) is 0 Å². The Hall–Kier alpha value is -1.89. The molecule has 1 unspecified atom stereocenters. The molecule has 2 rings (SSSR count). The highest BCUT2D eigenvalue weighted by molar-refractivity contribution is 5.93. The van der Waals surface area contributed by atoms with Crippen molar-refractivity contribution in [2.24, 2.45) is 0 Å². The predicted octanol–water partition coefficient (Wildman–Crippen LogP) is 1.53. The second-order valence-electron chi connectivity index (χ2n) is 5.07. The summed E-state index contributed by atoms with van der Waals surface area (Å²) in [6.07, 6.45) is 5.29. The van der Waals surface area contributed by atoms with E-state index >= 15 is 0 Å². The molecule has 0 bridgehead atoms. The van der Waals surface area contributed by atoms with E-state index in [1.807, 2.05) is 11.9 Å². The van der Waals surface area contributed by atoms with Crippen LogP contribution in [-0.4, -0.2) is 46.9 Å². The Morgan fingerprint density at radius 3 is 3.05 bits per heavy atom. The number of nitrogens with zero attached hydrogens (tertiary/aromatic N) is 2. The summed E-state index contributed by atoms with van der Waals surface area (Å²) in [5.74, 6) is -0.140. The average molecular weight is 280 g/mol. The standard InChI is InChI=1S/C13H20N4O3/c1-14-6-5-10-4-2-3-7-16(10)13(18)12-8-11(9-15-12)17(19)20/h8-10,14-15H,2-7H2,1H3. The molecule has 0 aromatic carbocycles. The molecule has 110 valence electrons. The number of nitrogens with one attached hydrogen (secondary N) is 2. The van der Waals surface area contributed by atoms with Crippen LogP contribution in [0, 0.1) is 10.1 Å². The summed E-state index contributed by atoms with van der Waals surface area (Å²) in [7, 11) is 1.89. The molecule has 1 saturated heterocycles. The van der Waals surface area contributed by atoms with Crippen LogP contribution < -0.4 is 5.32 Å². The number of hydrogen-bond donors (Lipinski definition) is 2. The second kappa shape index (κ2) is 6.51. The van der Waals surface area contributed by atoms with Gasteiger partial charge in [0, 0.05) is 18.7 Å². The van der Waals surface area contributed by atoms with Crippen molar-refractivity contribution in [3.8, 4) is 0 Å². The third-order valence-corrected chi connectivity index (χ3v) is 3.72. The largest absolute Gasteiger partial charge is 0.351 e. The monoisotopic (exact) mass is 280 g/mol. The zero-order chi connectivity index (χ0) is 14.5. The minimum atomic E-state index is -0.498. The molecule has 1 amide bonds. The Morgan fingerprint density at radius 2 is 2.40 bits per heavy atom. The number of carbonyl (C=O) groups excluding carboxylic acids is 1. The second-order valence-corrected chi connectivity index (χ2v) is 5.07. The number of hydrogen-bond acceptors (Lipinski definition) is 4. The van der Waals surface area contributed by atoms with E-state index in [0.717, 1.165) is 38.8 Å². The highest BCUT2D eigenvalue weighted by atomic mass is 16.6. The number of amides is 1. The quantitative estimate of drug-likeness (QED) is 0.632. The molecule has 1 aliphatic rings. The Labute approximate surface area is 117 Å². The van der Waals surface area contributed by atoms with Gasteiger partial charge in [-0.3, -0.25) is 14.9 Å². The summed E-state index contributed by atoms with van der Waals surface area (Å²) in [5.41, 5.74) is 0.227. The van der Waals surface area contributed by atoms with Gasteiger partial charge in [-0.1, -0.05) is 0 Å². The summed E-state index contributed by atoms with van der Waals surface area (Å²) >= 11 is 0. The molecule has 2 N–H and O–H groups in total. The lowest BCUT2D eigenvalue weighted by molar-refractivity contribution is -0.384. The average Bonchev–Trinajstić information content (AvgIpc) is 2.94. The highest BCUT2D eigenvalue weighted by Gasteiger charge is 2.28. The van der Waals surface area contributed by atoms with Crippen molar-refractivity contribution in [3.63, 3.8) is 0 Å². The number of aromatic amines is 1. The number of carbonyl (C=O) groups is 1. The fraction of sp³-hybridized carbons (Fsp3) is 0.615. The molecule has 1 atom stereocenters. The van der Waals surface area contributed by atoms with Gasteiger partial charge in [-0.25, -0.2) is 0 Å². The number of rotatable bonds is 5. The molecule has 0 spiro atoms. The topological polar surface area (TPSA) is 91.3 Å². The lowest BCUT2D eigenvalue weighted by Crippen LogP contribution is -2.44. The maximum absolute atomic E-state index is 12.5. The van der Waals surface area contributed by atoms with Crippen LogP contribution in [0.5, 0.6) is 0 Å². The minimum Gasteiger partial charge on any atom is -0.351 e. The number of H-pyrrole nitrogens is 1. The van der Waals surface area contributed by atoms with E-state index in [1.54, 1.807) is 0 Å². The van der Waals surface area contributed by atoms with Crippen molar-refractivity contribution in [1.82, 2.24) is 15.2 Å². The first-order chi connectivity index (χ1) is 9.63. The summed E-state index contributed by atoms with van der Waals surface area (Å²) in [5, 5.41) is 13.8. The van der Waals surface area contributed by atoms with Crippen molar-refractivity contribution in [1.29, 1.82) is 0 Å². The zero-order valence-corrected chi connectivity index (χ0v) is 11.6. The van der Waals surface area contributed by atoms with Crippen molar-refractivity contribution in [3.05, 3.63) is 28.1 Å². The molecule has 1 aromatic heterocycles. The third-order valence-electron chi connectivity index (χ3n) is 3.72. The van der Waals surface area contributed by atoms with Crippen LogP contribution in [0.2, 0.25) is 0 Å². The van der Waals surface area contributed by atoms with Crippen LogP contribution in [0.15, 0.2) is 12.3 Å². The molecule has 0 aliphatic carbocycles. The Kier molecular flexibility index (Phi) is 4.73. The van der Waals surface area contributed by atoms with Gasteiger partial charge in [-0.05, 0) is 39.3 Å². The zero-order valence-electron chi connectivity index (χ0n) is 11.6. The molecule has 20 heavy (non-hydrogen) atoms. The summed E-state index contributed by atoms with van der Waals surface area (Å²) < 4.78 is 0. The Bertz CT molecular complexity index is 486. The fourth-order valence-electron chi connectivity index (χ4n) is 2.65. The van der Waals surface area contributed by atoms with E-state index in [1.165, 1.54) is 12.3 Å². The molecule has 7 nitrogen and oxygen atoms in total. The van der Waals surface area contributed by atoms with Crippen LogP contribution in [0.25, 0.3) is 0 Å². The molecule has 0 radical (unpaired) electrons. The van der Waals surface area contributed by atoms with E-state index in [0.29, 0.717) is 5.69 Å². The lowest BCUT2D eigenvalue weighted by Gasteiger charge is -2.35. The van der Waals surface area contributed by atoms with Crippen molar-refractivity contribution >= 4 is 11.6 Å². The van der Waals surface area contributed by atoms with Gasteiger partial charge < -0.3 is 15.2 Å². The van der Waals surface area contributed by atoms with Gasteiger partial charge in [-0.15, -0.1) is 0 Å². The van der Waals surface area contributed by atoms with Gasteiger partial charge >= 0.3 is 0 Å². The van der Waals surface area contributed by atoms with Crippen molar-refractivity contribution in [2.75, 3.05) is 20.1 Å². The molecule has 1 fully saturated rings. The Morgan fingerprint density at radius 1 is 1.60 bits per heavy atom. The van der Waals surface area contributed by atoms with Crippen LogP contribution in [0.3, 0.4) is 0 Å². The van der Waals surface area contributed by atoms with Crippen LogP contribution in [0.4, 0.5) is 5.69 Å². The number of nitro groups is 1. The summed E-state index contributed by atoms with van der Waals surface area (Å²) in [4.78, 5) is 27.2. The lowest BCUT2D eigenvalue weighted by atomic mass is 9.99. The maximum Gasteiger partial charge on any atom is 0.287 e. The SMILES string of the molecule is CNCCC1CCCCN1C(=O)c1cc([N+](=O)[O-])c[nH]1. The summed E-state index contributed by atoms with van der Waals surface area (Å²) in [6.45, 7) is 1.58. The smallest absolute Gasteiger partial charge is 0.287 e.